The summed E-state index contributed by atoms with van der Waals surface area (Å²) in [6, 6.07) is 8.98. The molecule has 0 spiro atoms. The van der Waals surface area contributed by atoms with Crippen molar-refractivity contribution in [2.24, 2.45) is 5.41 Å². The summed E-state index contributed by atoms with van der Waals surface area (Å²) in [5.74, 6) is -1.02. The number of para-hydroxylation sites is 1. The summed E-state index contributed by atoms with van der Waals surface area (Å²) in [7, 11) is 1.27. The van der Waals surface area contributed by atoms with E-state index in [1.807, 2.05) is 30.3 Å². The van der Waals surface area contributed by atoms with E-state index in [2.05, 4.69) is 5.32 Å². The first-order chi connectivity index (χ1) is 9.75. The van der Waals surface area contributed by atoms with Crippen LogP contribution < -0.4 is 5.32 Å². The monoisotopic (exact) mass is 293 g/mol. The molecule has 5 heteroatoms. The van der Waals surface area contributed by atoms with E-state index < -0.39 is 29.5 Å². The van der Waals surface area contributed by atoms with E-state index in [0.717, 1.165) is 5.69 Å². The first-order valence-corrected chi connectivity index (χ1v) is 6.86. The van der Waals surface area contributed by atoms with Crippen molar-refractivity contribution in [2.45, 2.75) is 39.8 Å². The van der Waals surface area contributed by atoms with Crippen molar-refractivity contribution in [3.05, 3.63) is 30.3 Å². The summed E-state index contributed by atoms with van der Waals surface area (Å²) in [4.78, 5) is 23.9. The highest BCUT2D eigenvalue weighted by molar-refractivity contribution is 5.82. The van der Waals surface area contributed by atoms with Crippen molar-refractivity contribution in [3.8, 4) is 0 Å². The number of carbonyl (C=O) groups is 2. The molecule has 1 rings (SSSR count). The van der Waals surface area contributed by atoms with Gasteiger partial charge in [-0.25, -0.2) is 4.79 Å². The fourth-order valence-corrected chi connectivity index (χ4v) is 1.64. The van der Waals surface area contributed by atoms with Crippen molar-refractivity contribution < 1.29 is 19.1 Å². The number of methoxy groups -OCH3 is 1. The van der Waals surface area contributed by atoms with Crippen molar-refractivity contribution in [1.82, 2.24) is 0 Å². The minimum atomic E-state index is -0.998. The van der Waals surface area contributed by atoms with Gasteiger partial charge in [0.2, 0.25) is 6.10 Å². The van der Waals surface area contributed by atoms with E-state index in [-0.39, 0.29) is 0 Å². The van der Waals surface area contributed by atoms with Crippen LogP contribution in [0.4, 0.5) is 5.69 Å². The Bertz CT molecular complexity index is 479. The normalized spacial score (nSPS) is 14.0. The standard InChI is InChI=1S/C16H23NO4/c1-11(17-12-9-7-6-8-10-12)13(14(18)20-5)21-15(19)16(2,3)4/h6-11,13,17H,1-5H3/t11-,13+/m1/s1. The minimum absolute atomic E-state index is 0.411. The number of hydrogen-bond donors (Lipinski definition) is 1. The van der Waals surface area contributed by atoms with Crippen LogP contribution in [0.15, 0.2) is 30.3 Å². The number of ether oxygens (including phenoxy) is 2. The number of anilines is 1. The van der Waals surface area contributed by atoms with E-state index in [0.29, 0.717) is 0 Å². The Balaban J connectivity index is 2.82. The van der Waals surface area contributed by atoms with Gasteiger partial charge >= 0.3 is 11.9 Å². The summed E-state index contributed by atoms with van der Waals surface area (Å²) in [5.41, 5.74) is 0.157. The van der Waals surface area contributed by atoms with Gasteiger partial charge in [0, 0.05) is 5.69 Å². The molecule has 0 fully saturated rings. The second-order valence-electron chi connectivity index (χ2n) is 5.90. The Hall–Kier alpha value is -2.04. The molecule has 0 saturated carbocycles. The lowest BCUT2D eigenvalue weighted by Crippen LogP contribution is -2.43. The molecule has 0 radical (unpaired) electrons. The number of nitrogens with one attached hydrogen (secondary N) is 1. The van der Waals surface area contributed by atoms with Crippen LogP contribution in [-0.2, 0) is 19.1 Å². The lowest BCUT2D eigenvalue weighted by molar-refractivity contribution is -0.172. The predicted molar refractivity (Wildman–Crippen MR) is 80.9 cm³/mol. The predicted octanol–water partition coefficient (Wildman–Crippen LogP) is 2.62. The minimum Gasteiger partial charge on any atom is -0.466 e. The summed E-state index contributed by atoms with van der Waals surface area (Å²) in [6.07, 6.45) is -0.998. The Labute approximate surface area is 125 Å². The zero-order valence-electron chi connectivity index (χ0n) is 13.2. The van der Waals surface area contributed by atoms with Gasteiger partial charge in [-0.3, -0.25) is 4.79 Å². The highest BCUT2D eigenvalue weighted by Crippen LogP contribution is 2.19. The second-order valence-corrected chi connectivity index (χ2v) is 5.90. The van der Waals surface area contributed by atoms with Crippen LogP contribution in [0.5, 0.6) is 0 Å². The van der Waals surface area contributed by atoms with E-state index in [1.165, 1.54) is 7.11 Å². The molecule has 2 atom stereocenters. The van der Waals surface area contributed by atoms with Crippen LogP contribution in [0.3, 0.4) is 0 Å². The first-order valence-electron chi connectivity index (χ1n) is 6.86. The third-order valence-corrected chi connectivity index (χ3v) is 2.90. The molecule has 21 heavy (non-hydrogen) atoms. The summed E-state index contributed by atoms with van der Waals surface area (Å²) in [5, 5.41) is 3.14. The Morgan fingerprint density at radius 1 is 1.14 bits per heavy atom. The Morgan fingerprint density at radius 3 is 2.19 bits per heavy atom. The van der Waals surface area contributed by atoms with E-state index in [9.17, 15) is 9.59 Å². The van der Waals surface area contributed by atoms with Crippen LogP contribution in [0.25, 0.3) is 0 Å². The molecule has 0 aliphatic rings. The van der Waals surface area contributed by atoms with Crippen LogP contribution in [0, 0.1) is 5.41 Å². The van der Waals surface area contributed by atoms with Crippen molar-refractivity contribution >= 4 is 17.6 Å². The average Bonchev–Trinajstić information content (AvgIpc) is 2.43. The highest BCUT2D eigenvalue weighted by atomic mass is 16.6. The fraction of sp³-hybridized carbons (Fsp3) is 0.500. The maximum Gasteiger partial charge on any atom is 0.349 e. The molecular formula is C16H23NO4. The topological polar surface area (TPSA) is 64.6 Å². The molecule has 116 valence electrons. The molecule has 0 aliphatic heterocycles. The second kappa shape index (κ2) is 7.11. The molecule has 0 aromatic heterocycles. The molecule has 5 nitrogen and oxygen atoms in total. The summed E-state index contributed by atoms with van der Waals surface area (Å²) >= 11 is 0. The maximum atomic E-state index is 12.0. The lowest BCUT2D eigenvalue weighted by Gasteiger charge is -2.26. The van der Waals surface area contributed by atoms with Crippen LogP contribution >= 0.6 is 0 Å². The molecule has 1 aromatic carbocycles. The van der Waals surface area contributed by atoms with Crippen LogP contribution in [0.2, 0.25) is 0 Å². The maximum absolute atomic E-state index is 12.0. The molecule has 0 saturated heterocycles. The largest absolute Gasteiger partial charge is 0.466 e. The summed E-state index contributed by atoms with van der Waals surface area (Å²) in [6.45, 7) is 6.97. The highest BCUT2D eigenvalue weighted by Gasteiger charge is 2.34. The Morgan fingerprint density at radius 2 is 1.71 bits per heavy atom. The van der Waals surface area contributed by atoms with Crippen molar-refractivity contribution in [2.75, 3.05) is 12.4 Å². The molecule has 1 N–H and O–H groups in total. The van der Waals surface area contributed by atoms with Crippen molar-refractivity contribution in [3.63, 3.8) is 0 Å². The van der Waals surface area contributed by atoms with Crippen LogP contribution in [-0.4, -0.2) is 31.2 Å². The number of benzene rings is 1. The van der Waals surface area contributed by atoms with Gasteiger partial charge in [-0.15, -0.1) is 0 Å². The smallest absolute Gasteiger partial charge is 0.349 e. The van der Waals surface area contributed by atoms with Gasteiger partial charge in [0.05, 0.1) is 18.6 Å². The van der Waals surface area contributed by atoms with E-state index >= 15 is 0 Å². The van der Waals surface area contributed by atoms with Gasteiger partial charge in [-0.1, -0.05) is 18.2 Å². The zero-order valence-corrected chi connectivity index (χ0v) is 13.2. The zero-order chi connectivity index (χ0) is 16.0. The Kier molecular flexibility index (Phi) is 5.76. The lowest BCUT2D eigenvalue weighted by atomic mass is 9.97. The van der Waals surface area contributed by atoms with Gasteiger partial charge in [-0.2, -0.15) is 0 Å². The molecule has 0 aliphatic carbocycles. The van der Waals surface area contributed by atoms with Gasteiger partial charge in [-0.05, 0) is 39.8 Å². The fourth-order valence-electron chi connectivity index (χ4n) is 1.64. The molecular weight excluding hydrogens is 270 g/mol. The number of esters is 2. The average molecular weight is 293 g/mol. The third kappa shape index (κ3) is 5.10. The molecule has 1 aromatic rings. The van der Waals surface area contributed by atoms with Crippen LogP contribution in [0.1, 0.15) is 27.7 Å². The molecule has 0 heterocycles. The summed E-state index contributed by atoms with van der Waals surface area (Å²) < 4.78 is 10.1. The van der Waals surface area contributed by atoms with Crippen molar-refractivity contribution in [1.29, 1.82) is 0 Å². The van der Waals surface area contributed by atoms with Gasteiger partial charge in [0.1, 0.15) is 0 Å². The SMILES string of the molecule is COC(=O)[C@@H](OC(=O)C(C)(C)C)[C@@H](C)Nc1ccccc1. The molecule has 0 unspecified atom stereocenters. The third-order valence-electron chi connectivity index (χ3n) is 2.90. The number of rotatable bonds is 5. The molecule has 0 amide bonds. The number of carbonyl (C=O) groups excluding carboxylic acids is 2. The van der Waals surface area contributed by atoms with Gasteiger partial charge in [0.15, 0.2) is 0 Å². The molecule has 0 bridgehead atoms. The van der Waals surface area contributed by atoms with Gasteiger partial charge < -0.3 is 14.8 Å². The first kappa shape index (κ1) is 17.0. The van der Waals surface area contributed by atoms with E-state index in [1.54, 1.807) is 27.7 Å². The van der Waals surface area contributed by atoms with E-state index in [4.69, 9.17) is 9.47 Å². The quantitative estimate of drug-likeness (QED) is 0.845. The number of hydrogen-bond acceptors (Lipinski definition) is 5. The van der Waals surface area contributed by atoms with Gasteiger partial charge in [0.25, 0.3) is 0 Å².